The Balaban J connectivity index is 1.41. The number of nitrogens with one attached hydrogen (secondary N) is 1. The zero-order chi connectivity index (χ0) is 17.1. The summed E-state index contributed by atoms with van der Waals surface area (Å²) in [6.45, 7) is 0.611. The topological polar surface area (TPSA) is 81.9 Å². The first-order chi connectivity index (χ1) is 12.3. The number of amides is 1. The molecule has 3 heterocycles. The Morgan fingerprint density at radius 2 is 2.12 bits per heavy atom. The van der Waals surface area contributed by atoms with Crippen LogP contribution in [0.25, 0.3) is 11.1 Å². The average Bonchev–Trinajstić information content (AvgIpc) is 3.29. The first-order valence-corrected chi connectivity index (χ1v) is 8.07. The van der Waals surface area contributed by atoms with Gasteiger partial charge in [0, 0.05) is 24.4 Å². The van der Waals surface area contributed by atoms with Crippen LogP contribution in [0.5, 0.6) is 5.75 Å². The fourth-order valence-corrected chi connectivity index (χ4v) is 2.96. The number of carbonyl (C=O) groups excluding carboxylic acids is 1. The maximum absolute atomic E-state index is 12.0. The molecule has 1 amide bonds. The molecular formula is C18H17N5O2. The second-order valence-corrected chi connectivity index (χ2v) is 5.87. The largest absolute Gasteiger partial charge is 0.487 e. The zero-order valence-corrected chi connectivity index (χ0v) is 13.5. The zero-order valence-electron chi connectivity index (χ0n) is 13.5. The number of rotatable bonds is 5. The van der Waals surface area contributed by atoms with Crippen LogP contribution in [-0.2, 0) is 17.8 Å². The number of aromatic nitrogens is 4. The third-order valence-corrected chi connectivity index (χ3v) is 4.12. The van der Waals surface area contributed by atoms with E-state index in [0.29, 0.717) is 6.54 Å². The Morgan fingerprint density at radius 1 is 1.24 bits per heavy atom. The summed E-state index contributed by atoms with van der Waals surface area (Å²) in [4.78, 5) is 19.8. The van der Waals surface area contributed by atoms with Crippen LogP contribution in [0, 0.1) is 0 Å². The lowest BCUT2D eigenvalue weighted by molar-refractivity contribution is -0.122. The molecular weight excluding hydrogens is 318 g/mol. The summed E-state index contributed by atoms with van der Waals surface area (Å²) >= 11 is 0. The average molecular weight is 335 g/mol. The summed E-state index contributed by atoms with van der Waals surface area (Å²) in [5.41, 5.74) is 3.28. The number of ether oxygens (including phenoxy) is 1. The van der Waals surface area contributed by atoms with Crippen molar-refractivity contribution in [1.29, 1.82) is 0 Å². The standard InChI is InChI=1S/C18H17N5O2/c24-17(10-23-12-20-11-22-23)21-9-15-8-14-2-1-3-16(18(14)25-15)13-4-6-19-7-5-13/h1-7,11-12,15H,8-10H2,(H,21,24). The molecule has 1 aromatic carbocycles. The number of carbonyl (C=O) groups is 1. The number of nitrogens with zero attached hydrogens (tertiary/aromatic N) is 4. The number of hydrogen-bond donors (Lipinski definition) is 1. The second kappa shape index (κ2) is 6.72. The fraction of sp³-hybridized carbons (Fsp3) is 0.222. The van der Waals surface area contributed by atoms with Gasteiger partial charge in [-0.25, -0.2) is 9.67 Å². The summed E-state index contributed by atoms with van der Waals surface area (Å²) in [6, 6.07) is 10.1. The van der Waals surface area contributed by atoms with E-state index in [2.05, 4.69) is 26.4 Å². The van der Waals surface area contributed by atoms with Crippen molar-refractivity contribution >= 4 is 5.91 Å². The lowest BCUT2D eigenvalue weighted by Crippen LogP contribution is -2.36. The first-order valence-electron chi connectivity index (χ1n) is 8.07. The van der Waals surface area contributed by atoms with E-state index >= 15 is 0 Å². The van der Waals surface area contributed by atoms with Crippen molar-refractivity contribution < 1.29 is 9.53 Å². The highest BCUT2D eigenvalue weighted by atomic mass is 16.5. The number of pyridine rings is 1. The molecule has 1 N–H and O–H groups in total. The van der Waals surface area contributed by atoms with Crippen molar-refractivity contribution in [3.05, 3.63) is 60.9 Å². The molecule has 4 rings (SSSR count). The minimum Gasteiger partial charge on any atom is -0.487 e. The molecule has 1 aliphatic rings. The molecule has 2 aromatic heterocycles. The van der Waals surface area contributed by atoms with Crippen LogP contribution in [0.3, 0.4) is 0 Å². The third-order valence-electron chi connectivity index (χ3n) is 4.12. The van der Waals surface area contributed by atoms with Gasteiger partial charge in [-0.15, -0.1) is 0 Å². The third kappa shape index (κ3) is 3.35. The molecule has 1 aliphatic heterocycles. The summed E-state index contributed by atoms with van der Waals surface area (Å²) < 4.78 is 7.60. The lowest BCUT2D eigenvalue weighted by atomic mass is 10.0. The molecule has 7 nitrogen and oxygen atoms in total. The normalized spacial score (nSPS) is 15.4. The van der Waals surface area contributed by atoms with Gasteiger partial charge in [0.25, 0.3) is 0 Å². The maximum atomic E-state index is 12.0. The first kappa shape index (κ1) is 15.3. The molecule has 7 heteroatoms. The van der Waals surface area contributed by atoms with Gasteiger partial charge >= 0.3 is 0 Å². The van der Waals surface area contributed by atoms with Gasteiger partial charge in [0.05, 0.1) is 6.54 Å². The molecule has 126 valence electrons. The molecule has 0 aliphatic carbocycles. The van der Waals surface area contributed by atoms with Gasteiger partial charge in [-0.3, -0.25) is 9.78 Å². The van der Waals surface area contributed by atoms with Crippen molar-refractivity contribution in [3.63, 3.8) is 0 Å². The molecule has 3 aromatic rings. The second-order valence-electron chi connectivity index (χ2n) is 5.87. The molecule has 0 saturated heterocycles. The van der Waals surface area contributed by atoms with Gasteiger partial charge in [0.15, 0.2) is 0 Å². The smallest absolute Gasteiger partial charge is 0.241 e. The number of hydrogen-bond acceptors (Lipinski definition) is 5. The summed E-state index contributed by atoms with van der Waals surface area (Å²) in [7, 11) is 0. The summed E-state index contributed by atoms with van der Waals surface area (Å²) in [5.74, 6) is 0.781. The van der Waals surface area contributed by atoms with E-state index in [9.17, 15) is 4.79 Å². The van der Waals surface area contributed by atoms with E-state index in [1.807, 2.05) is 24.3 Å². The van der Waals surface area contributed by atoms with Crippen LogP contribution in [-0.4, -0.2) is 38.3 Å². The molecule has 0 bridgehead atoms. The Hall–Kier alpha value is -3.22. The minimum atomic E-state index is -0.112. The Kier molecular flexibility index (Phi) is 4.12. The van der Waals surface area contributed by atoms with Crippen LogP contribution >= 0.6 is 0 Å². The van der Waals surface area contributed by atoms with Crippen molar-refractivity contribution in [2.45, 2.75) is 19.1 Å². The predicted octanol–water partition coefficient (Wildman–Crippen LogP) is 1.46. The van der Waals surface area contributed by atoms with Crippen LogP contribution in [0.15, 0.2) is 55.4 Å². The Bertz CT molecular complexity index is 864. The highest BCUT2D eigenvalue weighted by molar-refractivity contribution is 5.76. The molecule has 1 unspecified atom stereocenters. The van der Waals surface area contributed by atoms with Crippen LogP contribution < -0.4 is 10.1 Å². The molecule has 1 atom stereocenters. The lowest BCUT2D eigenvalue weighted by Gasteiger charge is -2.13. The van der Waals surface area contributed by atoms with E-state index in [4.69, 9.17) is 4.74 Å². The van der Waals surface area contributed by atoms with Gasteiger partial charge in [-0.2, -0.15) is 5.10 Å². The highest BCUT2D eigenvalue weighted by Crippen LogP contribution is 2.38. The minimum absolute atomic E-state index is 0.0716. The van der Waals surface area contributed by atoms with E-state index < -0.39 is 0 Å². The van der Waals surface area contributed by atoms with Crippen molar-refractivity contribution in [2.24, 2.45) is 0 Å². The molecule has 25 heavy (non-hydrogen) atoms. The monoisotopic (exact) mass is 335 g/mol. The SMILES string of the molecule is O=C(Cn1cncn1)NCC1Cc2cccc(-c3ccncc3)c2O1. The maximum Gasteiger partial charge on any atom is 0.241 e. The fourth-order valence-electron chi connectivity index (χ4n) is 2.96. The van der Waals surface area contributed by atoms with Crippen molar-refractivity contribution in [1.82, 2.24) is 25.1 Å². The van der Waals surface area contributed by atoms with Gasteiger partial charge in [-0.05, 0) is 23.3 Å². The van der Waals surface area contributed by atoms with E-state index in [1.54, 1.807) is 12.4 Å². The van der Waals surface area contributed by atoms with Gasteiger partial charge in [0.1, 0.15) is 31.1 Å². The Morgan fingerprint density at radius 3 is 2.92 bits per heavy atom. The number of para-hydroxylation sites is 1. The number of fused-ring (bicyclic) bond motifs is 1. The van der Waals surface area contributed by atoms with Crippen LogP contribution in [0.2, 0.25) is 0 Å². The van der Waals surface area contributed by atoms with Crippen LogP contribution in [0.4, 0.5) is 0 Å². The van der Waals surface area contributed by atoms with E-state index in [1.165, 1.54) is 17.3 Å². The van der Waals surface area contributed by atoms with Crippen molar-refractivity contribution in [3.8, 4) is 16.9 Å². The van der Waals surface area contributed by atoms with Gasteiger partial charge < -0.3 is 10.1 Å². The quantitative estimate of drug-likeness (QED) is 0.763. The van der Waals surface area contributed by atoms with Crippen molar-refractivity contribution in [2.75, 3.05) is 6.54 Å². The summed E-state index contributed by atoms with van der Waals surface area (Å²) in [5, 5.41) is 6.82. The van der Waals surface area contributed by atoms with Gasteiger partial charge in [0.2, 0.25) is 5.91 Å². The van der Waals surface area contributed by atoms with E-state index in [0.717, 1.165) is 28.9 Å². The summed E-state index contributed by atoms with van der Waals surface area (Å²) in [6.07, 6.45) is 7.17. The molecule has 0 fully saturated rings. The van der Waals surface area contributed by atoms with Crippen LogP contribution in [0.1, 0.15) is 5.56 Å². The van der Waals surface area contributed by atoms with E-state index in [-0.39, 0.29) is 18.6 Å². The van der Waals surface area contributed by atoms with Gasteiger partial charge in [-0.1, -0.05) is 18.2 Å². The molecule has 0 saturated carbocycles. The number of benzene rings is 1. The highest BCUT2D eigenvalue weighted by Gasteiger charge is 2.26. The molecule has 0 spiro atoms. The Labute approximate surface area is 144 Å². The molecule has 0 radical (unpaired) electrons. The predicted molar refractivity (Wildman–Crippen MR) is 90.8 cm³/mol.